The molecular formula is C25H33ClN4O5S. The number of ether oxygens (including phenoxy) is 1. The summed E-state index contributed by atoms with van der Waals surface area (Å²) in [6.07, 6.45) is 1.21. The zero-order chi connectivity index (χ0) is 26.0. The smallest absolute Gasteiger partial charge is 0.341 e. The highest BCUT2D eigenvalue weighted by molar-refractivity contribution is 7.89. The maximum Gasteiger partial charge on any atom is 0.341 e. The van der Waals surface area contributed by atoms with Gasteiger partial charge in [-0.2, -0.15) is 4.31 Å². The van der Waals surface area contributed by atoms with Crippen LogP contribution in [0.4, 0.5) is 5.69 Å². The first-order valence-corrected chi connectivity index (χ1v) is 14.1. The van der Waals surface area contributed by atoms with Crippen molar-refractivity contribution in [3.63, 3.8) is 0 Å². The molecule has 1 aromatic heterocycles. The molecule has 2 saturated heterocycles. The average molecular weight is 537 g/mol. The van der Waals surface area contributed by atoms with Crippen LogP contribution < -0.4 is 4.90 Å². The quantitative estimate of drug-likeness (QED) is 0.569. The Morgan fingerprint density at radius 3 is 2.50 bits per heavy atom. The fourth-order valence-corrected chi connectivity index (χ4v) is 7.26. The van der Waals surface area contributed by atoms with E-state index in [0.717, 1.165) is 5.69 Å². The number of aromatic amines is 1. The molecule has 0 saturated carbocycles. The molecule has 9 nitrogen and oxygen atoms in total. The molecule has 2 aliphatic heterocycles. The minimum atomic E-state index is -4.00. The second-order valence-corrected chi connectivity index (χ2v) is 11.6. The second kappa shape index (κ2) is 10.8. The van der Waals surface area contributed by atoms with E-state index in [4.69, 9.17) is 16.3 Å². The molecule has 36 heavy (non-hydrogen) atoms. The number of sulfonamides is 1. The predicted octanol–water partition coefficient (Wildman–Crippen LogP) is 3.21. The van der Waals surface area contributed by atoms with E-state index in [9.17, 15) is 18.0 Å². The number of aryl methyl sites for hydroxylation is 2. The Balaban J connectivity index is 1.46. The number of hydrogen-bond acceptors (Lipinski definition) is 6. The molecule has 0 unspecified atom stereocenters. The Labute approximate surface area is 217 Å². The number of esters is 1. The number of aromatic nitrogens is 1. The number of hydrogen-bond donors (Lipinski definition) is 1. The third kappa shape index (κ3) is 5.26. The topological polar surface area (TPSA) is 103 Å². The number of amides is 1. The van der Waals surface area contributed by atoms with Crippen molar-refractivity contribution in [2.75, 3.05) is 50.8 Å². The molecule has 1 amide bonds. The summed E-state index contributed by atoms with van der Waals surface area (Å²) in [7, 11) is -4.00. The summed E-state index contributed by atoms with van der Waals surface area (Å²) in [6.45, 7) is 8.02. The first-order valence-electron chi connectivity index (χ1n) is 12.3. The van der Waals surface area contributed by atoms with Crippen molar-refractivity contribution < 1.29 is 22.7 Å². The van der Waals surface area contributed by atoms with Crippen molar-refractivity contribution >= 4 is 39.2 Å². The van der Waals surface area contributed by atoms with Crippen LogP contribution in [-0.4, -0.2) is 80.4 Å². The zero-order valence-electron chi connectivity index (χ0n) is 20.9. The van der Waals surface area contributed by atoms with Crippen molar-refractivity contribution in [3.05, 3.63) is 46.2 Å². The number of H-pyrrole nitrogens is 1. The van der Waals surface area contributed by atoms with Crippen molar-refractivity contribution in [2.24, 2.45) is 5.92 Å². The number of anilines is 1. The number of carbonyl (C=O) groups is 2. The van der Waals surface area contributed by atoms with Gasteiger partial charge in [0, 0.05) is 61.4 Å². The molecule has 2 fully saturated rings. The fraction of sp³-hybridized carbons (Fsp3) is 0.520. The van der Waals surface area contributed by atoms with Gasteiger partial charge < -0.3 is 19.5 Å². The summed E-state index contributed by atoms with van der Waals surface area (Å²) < 4.78 is 33.8. The van der Waals surface area contributed by atoms with Gasteiger partial charge in [0.15, 0.2) is 0 Å². The molecule has 2 aliphatic rings. The summed E-state index contributed by atoms with van der Waals surface area (Å²) in [6, 6.07) is 7.66. The first kappa shape index (κ1) is 26.5. The highest BCUT2D eigenvalue weighted by Crippen LogP contribution is 2.31. The molecule has 1 N–H and O–H groups in total. The SMILES string of the molecule is CCOC(=O)c1c(C)[nH]c(C)c1S(=O)(=O)N1CCC[C@H](C(=O)N2CCN(c3cccc(Cl)c3)CC2)C1. The molecule has 0 aliphatic carbocycles. The zero-order valence-corrected chi connectivity index (χ0v) is 22.5. The molecule has 11 heteroatoms. The molecule has 4 rings (SSSR count). The Morgan fingerprint density at radius 1 is 1.11 bits per heavy atom. The minimum Gasteiger partial charge on any atom is -0.462 e. The van der Waals surface area contributed by atoms with E-state index in [-0.39, 0.29) is 29.5 Å². The van der Waals surface area contributed by atoms with Crippen LogP contribution >= 0.6 is 11.6 Å². The lowest BCUT2D eigenvalue weighted by Gasteiger charge is -2.39. The van der Waals surface area contributed by atoms with E-state index in [1.807, 2.05) is 29.2 Å². The summed E-state index contributed by atoms with van der Waals surface area (Å²) in [5.74, 6) is -1.11. The van der Waals surface area contributed by atoms with Gasteiger partial charge in [-0.1, -0.05) is 17.7 Å². The summed E-state index contributed by atoms with van der Waals surface area (Å²) in [4.78, 5) is 32.9. The lowest BCUT2D eigenvalue weighted by Crippen LogP contribution is -2.53. The number of piperazine rings is 1. The van der Waals surface area contributed by atoms with Crippen LogP contribution in [0.3, 0.4) is 0 Å². The number of piperidine rings is 1. The van der Waals surface area contributed by atoms with Crippen molar-refractivity contribution in [3.8, 4) is 0 Å². The van der Waals surface area contributed by atoms with E-state index >= 15 is 0 Å². The molecule has 0 radical (unpaired) electrons. The Kier molecular flexibility index (Phi) is 7.96. The minimum absolute atomic E-state index is 0.0202. The monoisotopic (exact) mass is 536 g/mol. The number of nitrogens with one attached hydrogen (secondary N) is 1. The van der Waals surface area contributed by atoms with Gasteiger partial charge >= 0.3 is 5.97 Å². The third-order valence-electron chi connectivity index (χ3n) is 6.89. The Bertz CT molecular complexity index is 1240. The first-order chi connectivity index (χ1) is 17.1. The van der Waals surface area contributed by atoms with Crippen LogP contribution in [0.25, 0.3) is 0 Å². The van der Waals surface area contributed by atoms with Gasteiger partial charge in [-0.3, -0.25) is 4.79 Å². The molecule has 0 spiro atoms. The number of benzene rings is 1. The molecule has 0 bridgehead atoms. The highest BCUT2D eigenvalue weighted by Gasteiger charge is 2.39. The fourth-order valence-electron chi connectivity index (χ4n) is 5.14. The standard InChI is InChI=1S/C25H33ClN4O5S/c1-4-35-25(32)22-17(2)27-18(3)23(22)36(33,34)30-10-6-7-19(16-30)24(31)29-13-11-28(12-14-29)21-9-5-8-20(26)15-21/h5,8-9,15,19,27H,4,6-7,10-14,16H2,1-3H3/t19-/m0/s1. The van der Waals surface area contributed by atoms with Crippen LogP contribution in [0, 0.1) is 19.8 Å². The van der Waals surface area contributed by atoms with E-state index < -0.39 is 21.9 Å². The van der Waals surface area contributed by atoms with Gasteiger partial charge in [-0.25, -0.2) is 13.2 Å². The lowest BCUT2D eigenvalue weighted by molar-refractivity contribution is -0.137. The number of rotatable bonds is 6. The van der Waals surface area contributed by atoms with E-state index in [1.54, 1.807) is 20.8 Å². The second-order valence-electron chi connectivity index (χ2n) is 9.29. The van der Waals surface area contributed by atoms with Crippen LogP contribution in [-0.2, 0) is 19.6 Å². The summed E-state index contributed by atoms with van der Waals surface area (Å²) in [5, 5.41) is 0.675. The van der Waals surface area contributed by atoms with Crippen LogP contribution in [0.5, 0.6) is 0 Å². The Morgan fingerprint density at radius 2 is 1.83 bits per heavy atom. The maximum absolute atomic E-state index is 13.7. The maximum atomic E-state index is 13.7. The van der Waals surface area contributed by atoms with Crippen LogP contribution in [0.15, 0.2) is 29.2 Å². The van der Waals surface area contributed by atoms with Crippen LogP contribution in [0.1, 0.15) is 41.5 Å². The summed E-state index contributed by atoms with van der Waals surface area (Å²) in [5.41, 5.74) is 1.91. The van der Waals surface area contributed by atoms with Gasteiger partial charge in [-0.15, -0.1) is 0 Å². The number of halogens is 1. The lowest BCUT2D eigenvalue weighted by atomic mass is 9.97. The van der Waals surface area contributed by atoms with Gasteiger partial charge in [-0.05, 0) is 51.8 Å². The third-order valence-corrected chi connectivity index (χ3v) is 9.17. The normalized spacial score (nSPS) is 19.4. The van der Waals surface area contributed by atoms with Crippen molar-refractivity contribution in [1.82, 2.24) is 14.2 Å². The summed E-state index contributed by atoms with van der Waals surface area (Å²) >= 11 is 6.12. The van der Waals surface area contributed by atoms with Gasteiger partial charge in [0.1, 0.15) is 10.5 Å². The van der Waals surface area contributed by atoms with E-state index in [1.165, 1.54) is 4.31 Å². The molecule has 1 aromatic carbocycles. The van der Waals surface area contributed by atoms with Gasteiger partial charge in [0.05, 0.1) is 12.5 Å². The van der Waals surface area contributed by atoms with Gasteiger partial charge in [0.25, 0.3) is 0 Å². The average Bonchev–Trinajstić information content (AvgIpc) is 3.18. The molecule has 3 heterocycles. The highest BCUT2D eigenvalue weighted by atomic mass is 35.5. The molecule has 1 atom stereocenters. The Hall–Kier alpha value is -2.56. The number of nitrogens with zero attached hydrogens (tertiary/aromatic N) is 3. The van der Waals surface area contributed by atoms with Gasteiger partial charge in [0.2, 0.25) is 15.9 Å². The van der Waals surface area contributed by atoms with E-state index in [0.29, 0.717) is 62.0 Å². The number of carbonyl (C=O) groups excluding carboxylic acids is 2. The van der Waals surface area contributed by atoms with E-state index in [2.05, 4.69) is 9.88 Å². The van der Waals surface area contributed by atoms with Crippen molar-refractivity contribution in [2.45, 2.75) is 38.5 Å². The molecule has 196 valence electrons. The molecule has 2 aromatic rings. The predicted molar refractivity (Wildman–Crippen MR) is 138 cm³/mol. The van der Waals surface area contributed by atoms with Crippen LogP contribution in [0.2, 0.25) is 5.02 Å². The van der Waals surface area contributed by atoms with Crippen molar-refractivity contribution in [1.29, 1.82) is 0 Å². The largest absolute Gasteiger partial charge is 0.462 e. The molecular weight excluding hydrogens is 504 g/mol.